The maximum Gasteiger partial charge on any atom is 0.145 e. The predicted octanol–water partition coefficient (Wildman–Crippen LogP) is 1.88. The van der Waals surface area contributed by atoms with Crippen molar-refractivity contribution in [2.24, 2.45) is 5.84 Å². The molecule has 19 heavy (non-hydrogen) atoms. The lowest BCUT2D eigenvalue weighted by Crippen LogP contribution is -2.12. The number of rotatable bonds is 4. The summed E-state index contributed by atoms with van der Waals surface area (Å²) >= 11 is 0. The Kier molecular flexibility index (Phi) is 3.82. The van der Waals surface area contributed by atoms with Gasteiger partial charge in [-0.1, -0.05) is 12.1 Å². The highest BCUT2D eigenvalue weighted by Gasteiger charge is 2.06. The fourth-order valence-corrected chi connectivity index (χ4v) is 1.81. The van der Waals surface area contributed by atoms with Crippen LogP contribution in [-0.4, -0.2) is 24.1 Å². The fraction of sp³-hybridized carbons (Fsp3) is 0.231. The maximum absolute atomic E-state index is 5.38. The minimum absolute atomic E-state index is 0.581. The molecule has 6 nitrogen and oxygen atoms in total. The molecule has 100 valence electrons. The van der Waals surface area contributed by atoms with Gasteiger partial charge in [-0.05, 0) is 19.1 Å². The summed E-state index contributed by atoms with van der Waals surface area (Å²) in [6.07, 6.45) is 0. The van der Waals surface area contributed by atoms with Crippen LogP contribution in [0.4, 0.5) is 23.0 Å². The molecule has 0 atom stereocenters. The van der Waals surface area contributed by atoms with Crippen molar-refractivity contribution in [3.05, 3.63) is 36.2 Å². The monoisotopic (exact) mass is 258 g/mol. The molecule has 2 rings (SSSR count). The van der Waals surface area contributed by atoms with Gasteiger partial charge in [0, 0.05) is 20.2 Å². The second-order valence-electron chi connectivity index (χ2n) is 4.37. The first-order chi connectivity index (χ1) is 9.10. The van der Waals surface area contributed by atoms with E-state index >= 15 is 0 Å². The van der Waals surface area contributed by atoms with Crippen molar-refractivity contribution in [1.82, 2.24) is 9.97 Å². The second-order valence-corrected chi connectivity index (χ2v) is 4.37. The van der Waals surface area contributed by atoms with Crippen molar-refractivity contribution in [3.63, 3.8) is 0 Å². The SMILES string of the molecule is Cc1nc(NN)cc(Nc2ccccc2N(C)C)n1. The summed E-state index contributed by atoms with van der Waals surface area (Å²) in [6, 6.07) is 9.78. The van der Waals surface area contributed by atoms with Gasteiger partial charge in [0.25, 0.3) is 0 Å². The van der Waals surface area contributed by atoms with Gasteiger partial charge in [-0.25, -0.2) is 15.8 Å². The molecule has 0 aliphatic rings. The van der Waals surface area contributed by atoms with Crippen LogP contribution in [0.15, 0.2) is 30.3 Å². The van der Waals surface area contributed by atoms with Gasteiger partial charge in [-0.2, -0.15) is 0 Å². The van der Waals surface area contributed by atoms with Gasteiger partial charge in [0.1, 0.15) is 17.5 Å². The molecule has 4 N–H and O–H groups in total. The highest BCUT2D eigenvalue weighted by atomic mass is 15.3. The van der Waals surface area contributed by atoms with E-state index in [1.54, 1.807) is 6.07 Å². The van der Waals surface area contributed by atoms with Crippen molar-refractivity contribution >= 4 is 23.0 Å². The summed E-state index contributed by atoms with van der Waals surface area (Å²) in [7, 11) is 4.00. The number of nitrogens with one attached hydrogen (secondary N) is 2. The summed E-state index contributed by atoms with van der Waals surface area (Å²) in [5.74, 6) is 7.32. The first kappa shape index (κ1) is 13.1. The molecular formula is C13H18N6. The lowest BCUT2D eigenvalue weighted by Gasteiger charge is -2.18. The number of benzene rings is 1. The molecule has 0 radical (unpaired) electrons. The van der Waals surface area contributed by atoms with Crippen molar-refractivity contribution < 1.29 is 0 Å². The number of aromatic nitrogens is 2. The Morgan fingerprint density at radius 3 is 2.47 bits per heavy atom. The standard InChI is InChI=1S/C13H18N6/c1-9-15-12(8-13(16-9)18-14)17-10-6-4-5-7-11(10)19(2)3/h4-8H,14H2,1-3H3,(H2,15,16,17,18). The molecule has 0 saturated carbocycles. The molecule has 1 heterocycles. The van der Waals surface area contributed by atoms with Gasteiger partial charge in [0.15, 0.2) is 0 Å². The van der Waals surface area contributed by atoms with Gasteiger partial charge < -0.3 is 15.6 Å². The molecule has 0 saturated heterocycles. The second kappa shape index (κ2) is 5.53. The number of hydrazine groups is 1. The number of hydrogen-bond acceptors (Lipinski definition) is 6. The van der Waals surface area contributed by atoms with Crippen molar-refractivity contribution in [3.8, 4) is 0 Å². The zero-order valence-electron chi connectivity index (χ0n) is 11.3. The van der Waals surface area contributed by atoms with Crippen LogP contribution in [0.1, 0.15) is 5.82 Å². The van der Waals surface area contributed by atoms with Crippen LogP contribution in [0.3, 0.4) is 0 Å². The summed E-state index contributed by atoms with van der Waals surface area (Å²) in [6.45, 7) is 1.82. The molecule has 0 amide bonds. The van der Waals surface area contributed by atoms with Crippen LogP contribution >= 0.6 is 0 Å². The zero-order valence-corrected chi connectivity index (χ0v) is 11.3. The molecule has 0 unspecified atom stereocenters. The van der Waals surface area contributed by atoms with E-state index in [0.29, 0.717) is 17.5 Å². The first-order valence-corrected chi connectivity index (χ1v) is 5.96. The quantitative estimate of drug-likeness (QED) is 0.574. The third-order valence-electron chi connectivity index (χ3n) is 2.63. The summed E-state index contributed by atoms with van der Waals surface area (Å²) < 4.78 is 0. The van der Waals surface area contributed by atoms with Crippen LogP contribution < -0.4 is 21.5 Å². The van der Waals surface area contributed by atoms with Gasteiger partial charge >= 0.3 is 0 Å². The number of nitrogens with zero attached hydrogens (tertiary/aromatic N) is 3. The van der Waals surface area contributed by atoms with E-state index in [1.807, 2.05) is 50.2 Å². The van der Waals surface area contributed by atoms with E-state index in [0.717, 1.165) is 11.4 Å². The molecule has 0 fully saturated rings. The number of anilines is 4. The topological polar surface area (TPSA) is 79.1 Å². The molecule has 0 bridgehead atoms. The average molecular weight is 258 g/mol. The van der Waals surface area contributed by atoms with E-state index in [4.69, 9.17) is 5.84 Å². The Balaban J connectivity index is 2.33. The van der Waals surface area contributed by atoms with E-state index in [9.17, 15) is 0 Å². The van der Waals surface area contributed by atoms with Crippen molar-refractivity contribution in [2.75, 3.05) is 29.7 Å². The van der Waals surface area contributed by atoms with E-state index < -0.39 is 0 Å². The van der Waals surface area contributed by atoms with Gasteiger partial charge in [-0.3, -0.25) is 0 Å². The lowest BCUT2D eigenvalue weighted by atomic mass is 10.2. The van der Waals surface area contributed by atoms with Crippen LogP contribution in [0, 0.1) is 6.92 Å². The highest BCUT2D eigenvalue weighted by Crippen LogP contribution is 2.26. The normalized spacial score (nSPS) is 10.1. The van der Waals surface area contributed by atoms with E-state index in [2.05, 4.69) is 20.7 Å². The predicted molar refractivity (Wildman–Crippen MR) is 78.6 cm³/mol. The Morgan fingerprint density at radius 1 is 1.11 bits per heavy atom. The fourth-order valence-electron chi connectivity index (χ4n) is 1.81. The van der Waals surface area contributed by atoms with Crippen LogP contribution in [-0.2, 0) is 0 Å². The minimum atomic E-state index is 0.581. The van der Waals surface area contributed by atoms with Crippen LogP contribution in [0.2, 0.25) is 0 Å². The molecule has 2 aromatic rings. The summed E-state index contributed by atoms with van der Waals surface area (Å²) in [4.78, 5) is 10.5. The molecule has 1 aromatic carbocycles. The van der Waals surface area contributed by atoms with E-state index in [-0.39, 0.29) is 0 Å². The van der Waals surface area contributed by atoms with Gasteiger partial charge in [0.05, 0.1) is 11.4 Å². The van der Waals surface area contributed by atoms with Crippen LogP contribution in [0.25, 0.3) is 0 Å². The van der Waals surface area contributed by atoms with Crippen LogP contribution in [0.5, 0.6) is 0 Å². The molecule has 6 heteroatoms. The Bertz CT molecular complexity index is 567. The third kappa shape index (κ3) is 3.11. The lowest BCUT2D eigenvalue weighted by molar-refractivity contribution is 1.04. The smallest absolute Gasteiger partial charge is 0.145 e. The zero-order chi connectivity index (χ0) is 13.8. The Labute approximate surface area is 112 Å². The highest BCUT2D eigenvalue weighted by molar-refractivity contribution is 5.74. The summed E-state index contributed by atoms with van der Waals surface area (Å²) in [5.41, 5.74) is 4.59. The minimum Gasteiger partial charge on any atom is -0.376 e. The molecule has 0 aliphatic carbocycles. The van der Waals surface area contributed by atoms with E-state index in [1.165, 1.54) is 0 Å². The number of nitrogen functional groups attached to an aromatic ring is 1. The number of hydrogen-bond donors (Lipinski definition) is 3. The number of nitrogens with two attached hydrogens (primary N) is 1. The average Bonchev–Trinajstić information content (AvgIpc) is 2.38. The first-order valence-electron chi connectivity index (χ1n) is 5.96. The maximum atomic E-state index is 5.38. The number of aryl methyl sites for hydroxylation is 1. The molecule has 0 spiro atoms. The largest absolute Gasteiger partial charge is 0.376 e. The van der Waals surface area contributed by atoms with Gasteiger partial charge in [-0.15, -0.1) is 0 Å². The molecule has 1 aromatic heterocycles. The Morgan fingerprint density at radius 2 is 1.79 bits per heavy atom. The molecule has 0 aliphatic heterocycles. The number of para-hydroxylation sites is 2. The summed E-state index contributed by atoms with van der Waals surface area (Å²) in [5, 5.41) is 3.28. The van der Waals surface area contributed by atoms with Gasteiger partial charge in [0.2, 0.25) is 0 Å². The Hall–Kier alpha value is -2.34. The third-order valence-corrected chi connectivity index (χ3v) is 2.63. The van der Waals surface area contributed by atoms with Crippen molar-refractivity contribution in [1.29, 1.82) is 0 Å². The molecular weight excluding hydrogens is 240 g/mol. The van der Waals surface area contributed by atoms with Crippen molar-refractivity contribution in [2.45, 2.75) is 6.92 Å².